The zero-order valence-electron chi connectivity index (χ0n) is 15.7. The first-order valence-electron chi connectivity index (χ1n) is 9.34. The molecule has 5 rings (SSSR count). The van der Waals surface area contributed by atoms with Gasteiger partial charge in [0, 0.05) is 13.2 Å². The first kappa shape index (κ1) is 18.5. The van der Waals surface area contributed by atoms with Crippen LogP contribution in [0.2, 0.25) is 0 Å². The van der Waals surface area contributed by atoms with Gasteiger partial charge in [0.1, 0.15) is 5.82 Å². The van der Waals surface area contributed by atoms with Crippen molar-refractivity contribution in [3.63, 3.8) is 0 Å². The molecule has 1 N–H and O–H groups in total. The van der Waals surface area contributed by atoms with Gasteiger partial charge >= 0.3 is 0 Å². The summed E-state index contributed by atoms with van der Waals surface area (Å²) >= 11 is 1.52. The molecule has 3 aromatic heterocycles. The second kappa shape index (κ2) is 7.05. The van der Waals surface area contributed by atoms with Gasteiger partial charge in [0.05, 0.1) is 21.2 Å². The molecule has 8 nitrogen and oxygen atoms in total. The summed E-state index contributed by atoms with van der Waals surface area (Å²) in [6.45, 7) is 3.31. The topological polar surface area (TPSA) is 98.5 Å². The second-order valence-corrected chi connectivity index (χ2v) is 9.84. The lowest BCUT2D eigenvalue weighted by atomic mass is 10.2. The lowest BCUT2D eigenvalue weighted by molar-refractivity contribution is 0.120. The maximum atomic E-state index is 13.2. The Hall–Kier alpha value is -2.56. The Morgan fingerprint density at radius 1 is 1.28 bits per heavy atom. The van der Waals surface area contributed by atoms with Crippen molar-refractivity contribution in [1.29, 1.82) is 0 Å². The van der Waals surface area contributed by atoms with E-state index in [0.29, 0.717) is 12.4 Å². The van der Waals surface area contributed by atoms with Crippen LogP contribution < -0.4 is 5.32 Å². The molecule has 150 valence electrons. The van der Waals surface area contributed by atoms with Crippen LogP contribution in [0.15, 0.2) is 45.6 Å². The van der Waals surface area contributed by atoms with Crippen molar-refractivity contribution in [1.82, 2.24) is 19.8 Å². The summed E-state index contributed by atoms with van der Waals surface area (Å²) in [6, 6.07) is 8.57. The molecule has 29 heavy (non-hydrogen) atoms. The fraction of sp³-hybridized carbons (Fsp3) is 0.316. The minimum atomic E-state index is -3.84. The molecule has 0 aliphatic carbocycles. The highest BCUT2D eigenvalue weighted by Crippen LogP contribution is 2.31. The lowest BCUT2D eigenvalue weighted by Crippen LogP contribution is -2.19. The lowest BCUT2D eigenvalue weighted by Gasteiger charge is -2.12. The molecule has 1 aliphatic heterocycles. The second-order valence-electron chi connectivity index (χ2n) is 7.06. The van der Waals surface area contributed by atoms with Crippen LogP contribution in [0, 0.1) is 6.92 Å². The Balaban J connectivity index is 1.62. The number of nitrogens with one attached hydrogen (secondary N) is 1. The predicted octanol–water partition coefficient (Wildman–Crippen LogP) is 3.07. The number of thiophene rings is 1. The highest BCUT2D eigenvalue weighted by molar-refractivity contribution is 7.91. The summed E-state index contributed by atoms with van der Waals surface area (Å²) in [7, 11) is -3.84. The Morgan fingerprint density at radius 3 is 2.86 bits per heavy atom. The smallest absolute Gasteiger partial charge is 0.229 e. The minimum absolute atomic E-state index is 0.141. The monoisotopic (exact) mass is 429 g/mol. The van der Waals surface area contributed by atoms with Crippen molar-refractivity contribution in [2.75, 3.05) is 18.5 Å². The molecule has 0 radical (unpaired) electrons. The summed E-state index contributed by atoms with van der Waals surface area (Å²) in [5, 5.41) is 13.2. The van der Waals surface area contributed by atoms with E-state index >= 15 is 0 Å². The highest BCUT2D eigenvalue weighted by atomic mass is 32.2. The van der Waals surface area contributed by atoms with Gasteiger partial charge in [-0.3, -0.25) is 0 Å². The zero-order chi connectivity index (χ0) is 20.0. The van der Waals surface area contributed by atoms with Crippen LogP contribution >= 0.6 is 11.3 Å². The quantitative estimate of drug-likeness (QED) is 0.520. The number of benzene rings is 1. The van der Waals surface area contributed by atoms with Gasteiger partial charge < -0.3 is 10.1 Å². The standard InChI is InChI=1S/C19H19N5O3S2/c1-12-4-6-14(7-5-12)29(25,26)19-18-21-17(20-11-13-3-2-9-27-13)16-15(8-10-28-16)24(18)23-22-19/h4-8,10,13H,2-3,9,11H2,1H3,(H,20,21)/t13-/m0/s1. The fourth-order valence-electron chi connectivity index (χ4n) is 3.46. The Kier molecular flexibility index (Phi) is 4.49. The maximum absolute atomic E-state index is 13.2. The minimum Gasteiger partial charge on any atom is -0.376 e. The van der Waals surface area contributed by atoms with E-state index in [-0.39, 0.29) is 21.7 Å². The van der Waals surface area contributed by atoms with Crippen molar-refractivity contribution in [3.8, 4) is 0 Å². The van der Waals surface area contributed by atoms with Crippen molar-refractivity contribution >= 4 is 42.9 Å². The summed E-state index contributed by atoms with van der Waals surface area (Å²) in [6.07, 6.45) is 2.20. The number of sulfone groups is 1. The van der Waals surface area contributed by atoms with Crippen LogP contribution in [0.5, 0.6) is 0 Å². The van der Waals surface area contributed by atoms with Crippen LogP contribution in [0.3, 0.4) is 0 Å². The van der Waals surface area contributed by atoms with Gasteiger partial charge in [0.15, 0.2) is 5.65 Å². The zero-order valence-corrected chi connectivity index (χ0v) is 17.3. The van der Waals surface area contributed by atoms with E-state index in [9.17, 15) is 8.42 Å². The predicted molar refractivity (Wildman–Crippen MR) is 110 cm³/mol. The number of nitrogens with zero attached hydrogens (tertiary/aromatic N) is 4. The average Bonchev–Trinajstić information content (AvgIpc) is 3.45. The van der Waals surface area contributed by atoms with Crippen LogP contribution in [-0.4, -0.2) is 47.5 Å². The summed E-state index contributed by atoms with van der Waals surface area (Å²) in [4.78, 5) is 4.78. The van der Waals surface area contributed by atoms with E-state index in [1.165, 1.54) is 15.9 Å². The highest BCUT2D eigenvalue weighted by Gasteiger charge is 2.27. The number of aromatic nitrogens is 4. The van der Waals surface area contributed by atoms with E-state index in [1.54, 1.807) is 24.3 Å². The Bertz CT molecular complexity index is 1290. The van der Waals surface area contributed by atoms with Gasteiger partial charge in [-0.25, -0.2) is 13.4 Å². The van der Waals surface area contributed by atoms with Crippen LogP contribution in [0.1, 0.15) is 18.4 Å². The number of hydrogen-bond donors (Lipinski definition) is 1. The van der Waals surface area contributed by atoms with E-state index in [4.69, 9.17) is 4.74 Å². The third-order valence-electron chi connectivity index (χ3n) is 5.03. The summed E-state index contributed by atoms with van der Waals surface area (Å²) in [5.41, 5.74) is 1.97. The number of fused-ring (bicyclic) bond motifs is 3. The molecule has 1 aliphatic rings. The Labute approximate surface area is 171 Å². The molecule has 10 heteroatoms. The van der Waals surface area contributed by atoms with Crippen LogP contribution in [-0.2, 0) is 14.6 Å². The van der Waals surface area contributed by atoms with Gasteiger partial charge in [-0.05, 0) is 43.3 Å². The first-order valence-corrected chi connectivity index (χ1v) is 11.7. The van der Waals surface area contributed by atoms with E-state index in [0.717, 1.165) is 35.2 Å². The fourth-order valence-corrected chi connectivity index (χ4v) is 5.53. The van der Waals surface area contributed by atoms with Crippen molar-refractivity contribution < 1.29 is 13.2 Å². The summed E-state index contributed by atoms with van der Waals surface area (Å²) in [5.74, 6) is 0.626. The Morgan fingerprint density at radius 2 is 2.10 bits per heavy atom. The van der Waals surface area contributed by atoms with Crippen molar-refractivity contribution in [2.24, 2.45) is 0 Å². The number of rotatable bonds is 5. The number of aryl methyl sites for hydroxylation is 1. The molecule has 0 bridgehead atoms. The SMILES string of the molecule is Cc1ccc(S(=O)(=O)c2nnn3c2nc(NC[C@@H]2CCCO2)c2sccc23)cc1. The largest absolute Gasteiger partial charge is 0.376 e. The molecule has 1 saturated heterocycles. The number of anilines is 1. The molecule has 0 saturated carbocycles. The molecule has 1 fully saturated rings. The average molecular weight is 430 g/mol. The molecule has 4 aromatic rings. The molecule has 0 amide bonds. The normalized spacial score (nSPS) is 17.3. The van der Waals surface area contributed by atoms with Crippen LogP contribution in [0.25, 0.3) is 15.9 Å². The first-order chi connectivity index (χ1) is 14.0. The van der Waals surface area contributed by atoms with Gasteiger partial charge in [0.25, 0.3) is 0 Å². The number of ether oxygens (including phenoxy) is 1. The van der Waals surface area contributed by atoms with Crippen molar-refractivity contribution in [2.45, 2.75) is 35.8 Å². The molecular weight excluding hydrogens is 410 g/mol. The van der Waals surface area contributed by atoms with Crippen LogP contribution in [0.4, 0.5) is 5.82 Å². The molecule has 0 spiro atoms. The summed E-state index contributed by atoms with van der Waals surface area (Å²) < 4.78 is 34.4. The van der Waals surface area contributed by atoms with Gasteiger partial charge in [-0.2, -0.15) is 4.52 Å². The van der Waals surface area contributed by atoms with E-state index in [1.807, 2.05) is 18.4 Å². The maximum Gasteiger partial charge on any atom is 0.229 e. The third-order valence-corrected chi connectivity index (χ3v) is 7.61. The molecule has 0 unspecified atom stereocenters. The van der Waals surface area contributed by atoms with Gasteiger partial charge in [0.2, 0.25) is 14.9 Å². The van der Waals surface area contributed by atoms with E-state index < -0.39 is 9.84 Å². The number of hydrogen-bond acceptors (Lipinski definition) is 8. The molecule has 4 heterocycles. The molecule has 1 aromatic carbocycles. The third kappa shape index (κ3) is 3.17. The van der Waals surface area contributed by atoms with Gasteiger partial charge in [-0.15, -0.1) is 16.4 Å². The molecular formula is C19H19N5O3S2. The van der Waals surface area contributed by atoms with Crippen molar-refractivity contribution in [3.05, 3.63) is 41.3 Å². The van der Waals surface area contributed by atoms with E-state index in [2.05, 4.69) is 20.6 Å². The molecule has 1 atom stereocenters. The van der Waals surface area contributed by atoms with Gasteiger partial charge in [-0.1, -0.05) is 22.9 Å².